The summed E-state index contributed by atoms with van der Waals surface area (Å²) in [4.78, 5) is 39.8. The summed E-state index contributed by atoms with van der Waals surface area (Å²) in [6.07, 6.45) is -3.25. The second-order valence-corrected chi connectivity index (χ2v) is 7.12. The lowest BCUT2D eigenvalue weighted by Crippen LogP contribution is -2.55. The van der Waals surface area contributed by atoms with E-state index in [1.807, 2.05) is 0 Å². The van der Waals surface area contributed by atoms with Gasteiger partial charge in [0.25, 0.3) is 17.7 Å². The average Bonchev–Trinajstić information content (AvgIpc) is 2.82. The molecule has 3 amide bonds. The molecule has 10 nitrogen and oxygen atoms in total. The Hall–Kier alpha value is -3.76. The number of anilines is 2. The van der Waals surface area contributed by atoms with E-state index in [-0.39, 0.29) is 24.6 Å². The van der Waals surface area contributed by atoms with E-state index in [0.717, 1.165) is 0 Å². The molecule has 0 spiro atoms. The zero-order valence-corrected chi connectivity index (χ0v) is 17.2. The number of hydrogen-bond acceptors (Lipinski definition) is 6. The largest absolute Gasteiger partial charge is 0.384 e. The highest BCUT2D eigenvalue weighted by atomic mass is 16.5. The first-order valence-electron chi connectivity index (χ1n) is 11.1. The quantitative estimate of drug-likeness (QED) is 0.376. The Balaban J connectivity index is 1.69. The maximum atomic E-state index is 13.0. The number of benzene rings is 2. The fraction of sp³-hybridized carbons (Fsp3) is 0.273. The second kappa shape index (κ2) is 9.58. The van der Waals surface area contributed by atoms with Gasteiger partial charge >= 0.3 is 0 Å². The molecule has 0 saturated carbocycles. The van der Waals surface area contributed by atoms with Crippen molar-refractivity contribution in [3.05, 3.63) is 59.7 Å². The minimum absolute atomic E-state index is 0.0521. The predicted molar refractivity (Wildman–Crippen MR) is 119 cm³/mol. The molecule has 0 unspecified atom stereocenters. The molecular weight excluding hydrogens is 414 g/mol. The van der Waals surface area contributed by atoms with E-state index in [1.54, 1.807) is 0 Å². The van der Waals surface area contributed by atoms with E-state index in [1.165, 1.54) is 60.5 Å². The number of carbonyl (C=O) groups excluding carboxylic acids is 3. The van der Waals surface area contributed by atoms with E-state index in [2.05, 4.69) is 5.32 Å². The zero-order chi connectivity index (χ0) is 25.9. The van der Waals surface area contributed by atoms with Crippen molar-refractivity contribution in [2.24, 2.45) is 5.73 Å². The number of nitrogens with zero attached hydrogens (tertiary/aromatic N) is 2. The number of aliphatic hydroxyl groups is 1. The molecule has 1 saturated heterocycles. The minimum Gasteiger partial charge on any atom is -0.384 e. The summed E-state index contributed by atoms with van der Waals surface area (Å²) in [5, 5.41) is 20.4. The lowest BCUT2D eigenvalue weighted by Gasteiger charge is -2.34. The van der Waals surface area contributed by atoms with Crippen LogP contribution >= 0.6 is 0 Å². The normalized spacial score (nSPS) is 18.7. The van der Waals surface area contributed by atoms with Crippen molar-refractivity contribution in [3.63, 3.8) is 0 Å². The van der Waals surface area contributed by atoms with E-state index < -0.39 is 36.9 Å². The summed E-state index contributed by atoms with van der Waals surface area (Å²) in [5.41, 5.74) is 6.71. The molecule has 0 aliphatic carbocycles. The highest BCUT2D eigenvalue weighted by molar-refractivity contribution is 6.04. The Labute approximate surface area is 189 Å². The number of amides is 3. The second-order valence-electron chi connectivity index (χ2n) is 7.12. The van der Waals surface area contributed by atoms with Crippen LogP contribution in [0, 0.1) is 5.41 Å². The van der Waals surface area contributed by atoms with Crippen molar-refractivity contribution in [1.29, 1.82) is 5.41 Å². The van der Waals surface area contributed by atoms with Gasteiger partial charge in [0.1, 0.15) is 5.84 Å². The van der Waals surface area contributed by atoms with E-state index in [0.29, 0.717) is 21.8 Å². The van der Waals surface area contributed by atoms with Crippen molar-refractivity contribution >= 4 is 34.9 Å². The highest BCUT2D eigenvalue weighted by Gasteiger charge is 2.39. The molecule has 1 heterocycles. The molecule has 1 aliphatic rings. The van der Waals surface area contributed by atoms with Crippen LogP contribution in [0.1, 0.15) is 20.0 Å². The van der Waals surface area contributed by atoms with Gasteiger partial charge in [-0.2, -0.15) is 0 Å². The van der Waals surface area contributed by atoms with Crippen LogP contribution in [-0.2, 0) is 14.3 Å². The van der Waals surface area contributed by atoms with Gasteiger partial charge in [-0.1, -0.05) is 0 Å². The summed E-state index contributed by atoms with van der Waals surface area (Å²) in [6.45, 7) is -2.38. The van der Waals surface area contributed by atoms with Gasteiger partial charge in [0, 0.05) is 47.2 Å². The molecule has 10 heteroatoms. The van der Waals surface area contributed by atoms with Gasteiger partial charge < -0.3 is 30.7 Å². The molecule has 3 rings (SSSR count). The molecular formula is C22H25N5O5. The van der Waals surface area contributed by atoms with Gasteiger partial charge in [-0.15, -0.1) is 0 Å². The summed E-state index contributed by atoms with van der Waals surface area (Å²) in [5.74, 6) is -2.34. The molecule has 2 aromatic carbocycles. The molecule has 168 valence electrons. The van der Waals surface area contributed by atoms with E-state index in [9.17, 15) is 19.5 Å². The van der Waals surface area contributed by atoms with Crippen molar-refractivity contribution < 1.29 is 28.3 Å². The van der Waals surface area contributed by atoms with Crippen molar-refractivity contribution in [2.45, 2.75) is 12.2 Å². The van der Waals surface area contributed by atoms with Crippen molar-refractivity contribution in [1.82, 2.24) is 4.90 Å². The van der Waals surface area contributed by atoms with Gasteiger partial charge in [-0.25, -0.2) is 0 Å². The number of nitrogens with two attached hydrogens (primary N) is 1. The Morgan fingerprint density at radius 2 is 1.88 bits per heavy atom. The number of nitrogens with one attached hydrogen (secondary N) is 2. The molecule has 32 heavy (non-hydrogen) atoms. The van der Waals surface area contributed by atoms with Gasteiger partial charge in [-0.05, 0) is 48.5 Å². The predicted octanol–water partition coefficient (Wildman–Crippen LogP) is 0.404. The monoisotopic (exact) mass is 442 g/mol. The fourth-order valence-corrected chi connectivity index (χ4v) is 3.15. The summed E-state index contributed by atoms with van der Waals surface area (Å²) >= 11 is 0. The third-order valence-corrected chi connectivity index (χ3v) is 4.87. The molecule has 1 fully saturated rings. The highest BCUT2D eigenvalue weighted by Crippen LogP contribution is 2.22. The van der Waals surface area contributed by atoms with Crippen LogP contribution in [0.4, 0.5) is 11.4 Å². The maximum absolute atomic E-state index is 13.0. The smallest absolute Gasteiger partial charge is 0.259 e. The zero-order valence-electron chi connectivity index (χ0n) is 20.2. The van der Waals surface area contributed by atoms with Crippen LogP contribution in [0.3, 0.4) is 0 Å². The molecule has 0 bridgehead atoms. The van der Waals surface area contributed by atoms with E-state index in [4.69, 9.17) is 20.0 Å². The molecule has 1 aliphatic heterocycles. The van der Waals surface area contributed by atoms with Crippen LogP contribution in [-0.4, -0.2) is 72.9 Å². The Morgan fingerprint density at radius 3 is 2.47 bits per heavy atom. The van der Waals surface area contributed by atoms with Gasteiger partial charge in [0.2, 0.25) is 0 Å². The summed E-state index contributed by atoms with van der Waals surface area (Å²) < 4.78 is 27.4. The summed E-state index contributed by atoms with van der Waals surface area (Å²) in [7, 11) is 1.17. The number of ether oxygens (including phenoxy) is 1. The van der Waals surface area contributed by atoms with Gasteiger partial charge in [0.05, 0.1) is 6.61 Å². The molecule has 0 aromatic heterocycles. The maximum Gasteiger partial charge on any atom is 0.259 e. The number of aliphatic hydroxyl groups excluding tert-OH is 1. The molecule has 0 radical (unpaired) electrons. The first-order chi connectivity index (χ1) is 16.4. The third kappa shape index (κ3) is 4.93. The Bertz CT molecular complexity index is 1120. The molecule has 2 atom stereocenters. The third-order valence-electron chi connectivity index (χ3n) is 4.87. The van der Waals surface area contributed by atoms with Crippen LogP contribution < -0.4 is 16.0 Å². The molecule has 2 aromatic rings. The number of rotatable bonds is 6. The Morgan fingerprint density at radius 1 is 1.25 bits per heavy atom. The Kier molecular flexibility index (Phi) is 5.68. The first-order valence-corrected chi connectivity index (χ1v) is 9.64. The van der Waals surface area contributed by atoms with Crippen molar-refractivity contribution in [2.75, 3.05) is 37.4 Å². The fourth-order valence-electron chi connectivity index (χ4n) is 3.15. The van der Waals surface area contributed by atoms with Gasteiger partial charge in [0.15, 0.2) is 12.2 Å². The van der Waals surface area contributed by atoms with Crippen molar-refractivity contribution in [3.8, 4) is 0 Å². The lowest BCUT2D eigenvalue weighted by molar-refractivity contribution is -0.150. The molecule has 5 N–H and O–H groups in total. The van der Waals surface area contributed by atoms with E-state index >= 15 is 0 Å². The van der Waals surface area contributed by atoms with Crippen LogP contribution in [0.15, 0.2) is 48.5 Å². The number of carbonyl (C=O) groups is 3. The number of morpholine rings is 1. The topological polar surface area (TPSA) is 149 Å². The first kappa shape index (κ1) is 19.0. The van der Waals surface area contributed by atoms with Crippen LogP contribution in [0.2, 0.25) is 0 Å². The summed E-state index contributed by atoms with van der Waals surface area (Å²) in [6, 6.07) is 11.8. The lowest BCUT2D eigenvalue weighted by atomic mass is 10.1. The average molecular weight is 442 g/mol. The van der Waals surface area contributed by atoms with Gasteiger partial charge in [-0.3, -0.25) is 19.8 Å². The van der Waals surface area contributed by atoms with Crippen LogP contribution in [0.25, 0.3) is 0 Å². The van der Waals surface area contributed by atoms with Crippen LogP contribution in [0.5, 0.6) is 0 Å². The number of hydrogen-bond donors (Lipinski definition) is 4. The SMILES string of the molecule is [2H]C([2H])([2H])N(C)C(=O)c1ccc(N2CCO[C@H]([C@@H](O)C(=O)Nc3ccc(C(=N)N)cc3)C2=O)cc1. The number of amidine groups is 1. The standard InChI is InChI=1S/C22H25N5O5/c1-26(2)21(30)14-5-9-16(10-6-14)27-11-12-32-18(22(27)31)17(28)20(29)25-15-7-3-13(4-8-15)19(23)24/h3-10,17-18,28H,11-12H2,1-2H3,(H3,23,24)(H,25,29)/t17-,18-/m1/s1/i1D3. The number of nitrogen functional groups attached to an aromatic ring is 1. The minimum atomic E-state index is -2.59.